The van der Waals surface area contributed by atoms with Crippen LogP contribution in [0.15, 0.2) is 158 Å². The van der Waals surface area contributed by atoms with Gasteiger partial charge in [0.15, 0.2) is 0 Å². The van der Waals surface area contributed by atoms with Crippen molar-refractivity contribution in [1.82, 2.24) is 4.57 Å². The maximum Gasteiger partial charge on any atom is 0.0541 e. The fraction of sp³-hybridized carbons (Fsp3) is 0.0435. The molecule has 0 saturated carbocycles. The molecular weight excluding hydrogens is 581 g/mol. The second-order valence-electron chi connectivity index (χ2n) is 13.1. The van der Waals surface area contributed by atoms with E-state index in [0.717, 1.165) is 5.69 Å². The molecule has 226 valence electrons. The van der Waals surface area contributed by atoms with Gasteiger partial charge in [0.25, 0.3) is 0 Å². The maximum atomic E-state index is 2.40. The standard InChI is InChI=1S/C46H32N2/c1-29-11-10-12-30(2)46(29)47(35-13-4-3-5-14-35)36-21-19-31-25-40-41-26-32-20-22-37(24-34(32)28-43(41)42(40)27-33(31)23-36)48-44-17-8-6-15-38(44)39-16-7-9-18-45(39)48/h3-28H,1-2H3. The molecule has 2 nitrogen and oxygen atoms in total. The van der Waals surface area contributed by atoms with Crippen LogP contribution >= 0.6 is 0 Å². The Morgan fingerprint density at radius 3 is 1.54 bits per heavy atom. The van der Waals surface area contributed by atoms with Gasteiger partial charge in [-0.2, -0.15) is 0 Å². The van der Waals surface area contributed by atoms with Gasteiger partial charge < -0.3 is 9.47 Å². The van der Waals surface area contributed by atoms with Crippen molar-refractivity contribution >= 4 is 60.4 Å². The molecule has 48 heavy (non-hydrogen) atoms. The van der Waals surface area contributed by atoms with Crippen LogP contribution in [0.1, 0.15) is 11.1 Å². The molecule has 0 atom stereocenters. The van der Waals surface area contributed by atoms with Crippen molar-refractivity contribution in [2.75, 3.05) is 4.90 Å². The average Bonchev–Trinajstić information content (AvgIpc) is 3.46. The minimum Gasteiger partial charge on any atom is -0.310 e. The second-order valence-corrected chi connectivity index (χ2v) is 13.1. The fourth-order valence-electron chi connectivity index (χ4n) is 8.02. The van der Waals surface area contributed by atoms with Crippen LogP contribution in [0.4, 0.5) is 17.1 Å². The quantitative estimate of drug-likeness (QED) is 0.192. The zero-order valence-electron chi connectivity index (χ0n) is 26.9. The molecular formula is C46H32N2. The first-order valence-corrected chi connectivity index (χ1v) is 16.7. The van der Waals surface area contributed by atoms with Crippen LogP contribution in [0.25, 0.3) is 71.3 Å². The normalized spacial score (nSPS) is 12.0. The van der Waals surface area contributed by atoms with Crippen molar-refractivity contribution in [3.05, 3.63) is 169 Å². The largest absolute Gasteiger partial charge is 0.310 e. The Bertz CT molecular complexity index is 2680. The number of benzene rings is 8. The number of para-hydroxylation sites is 4. The van der Waals surface area contributed by atoms with Crippen molar-refractivity contribution in [1.29, 1.82) is 0 Å². The third kappa shape index (κ3) is 3.93. The zero-order chi connectivity index (χ0) is 31.9. The van der Waals surface area contributed by atoms with Gasteiger partial charge in [-0.05, 0) is 142 Å². The number of anilines is 3. The molecule has 0 aliphatic heterocycles. The van der Waals surface area contributed by atoms with Crippen LogP contribution in [0.2, 0.25) is 0 Å². The Morgan fingerprint density at radius 1 is 0.396 bits per heavy atom. The fourth-order valence-corrected chi connectivity index (χ4v) is 8.02. The van der Waals surface area contributed by atoms with Gasteiger partial charge in [0.1, 0.15) is 0 Å². The summed E-state index contributed by atoms with van der Waals surface area (Å²) in [4.78, 5) is 2.40. The van der Waals surface area contributed by atoms with Gasteiger partial charge in [-0.1, -0.05) is 84.9 Å². The van der Waals surface area contributed by atoms with E-state index in [1.165, 1.54) is 93.8 Å². The molecule has 10 rings (SSSR count). The molecule has 0 radical (unpaired) electrons. The first-order valence-electron chi connectivity index (χ1n) is 16.7. The average molecular weight is 613 g/mol. The Kier molecular flexibility index (Phi) is 5.74. The molecule has 0 spiro atoms. The Morgan fingerprint density at radius 2 is 0.917 bits per heavy atom. The number of hydrogen-bond donors (Lipinski definition) is 0. The summed E-state index contributed by atoms with van der Waals surface area (Å²) < 4.78 is 2.40. The predicted molar refractivity (Wildman–Crippen MR) is 204 cm³/mol. The minimum atomic E-state index is 1.16. The van der Waals surface area contributed by atoms with E-state index in [4.69, 9.17) is 0 Å². The third-order valence-electron chi connectivity index (χ3n) is 10.3. The van der Waals surface area contributed by atoms with E-state index in [2.05, 4.69) is 181 Å². The molecule has 0 amide bonds. The summed E-state index contributed by atoms with van der Waals surface area (Å²) in [7, 11) is 0. The van der Waals surface area contributed by atoms with Gasteiger partial charge in [-0.25, -0.2) is 0 Å². The lowest BCUT2D eigenvalue weighted by atomic mass is 9.78. The monoisotopic (exact) mass is 612 g/mol. The molecule has 0 unspecified atom stereocenters. The predicted octanol–water partition coefficient (Wildman–Crippen LogP) is 12.8. The highest BCUT2D eigenvalue weighted by molar-refractivity contribution is 6.13. The lowest BCUT2D eigenvalue weighted by Gasteiger charge is -2.29. The molecule has 0 fully saturated rings. The Hall–Kier alpha value is -6.12. The molecule has 1 aliphatic carbocycles. The number of fused-ring (bicyclic) bond motifs is 9. The van der Waals surface area contributed by atoms with E-state index in [1.807, 2.05) is 0 Å². The van der Waals surface area contributed by atoms with Crippen molar-refractivity contribution < 1.29 is 0 Å². The van der Waals surface area contributed by atoms with Crippen LogP contribution < -0.4 is 4.90 Å². The number of rotatable bonds is 4. The summed E-state index contributed by atoms with van der Waals surface area (Å²) in [5, 5.41) is 7.62. The van der Waals surface area contributed by atoms with Gasteiger partial charge in [-0.15, -0.1) is 0 Å². The highest BCUT2D eigenvalue weighted by Crippen LogP contribution is 2.51. The van der Waals surface area contributed by atoms with Gasteiger partial charge in [-0.3, -0.25) is 0 Å². The molecule has 9 aromatic rings. The summed E-state index contributed by atoms with van der Waals surface area (Å²) >= 11 is 0. The highest BCUT2D eigenvalue weighted by atomic mass is 15.1. The molecule has 8 aromatic carbocycles. The van der Waals surface area contributed by atoms with E-state index in [0.29, 0.717) is 0 Å². The molecule has 0 bridgehead atoms. The van der Waals surface area contributed by atoms with E-state index in [1.54, 1.807) is 0 Å². The van der Waals surface area contributed by atoms with Gasteiger partial charge in [0.2, 0.25) is 0 Å². The second kappa shape index (κ2) is 10.2. The molecule has 1 aromatic heterocycles. The van der Waals surface area contributed by atoms with E-state index >= 15 is 0 Å². The number of aromatic nitrogens is 1. The van der Waals surface area contributed by atoms with Crippen LogP contribution in [-0.2, 0) is 0 Å². The Balaban J connectivity index is 1.10. The summed E-state index contributed by atoms with van der Waals surface area (Å²) in [5.41, 5.74) is 15.1. The summed E-state index contributed by atoms with van der Waals surface area (Å²) in [5.74, 6) is 0. The van der Waals surface area contributed by atoms with Crippen molar-refractivity contribution in [2.24, 2.45) is 0 Å². The molecule has 0 saturated heterocycles. The third-order valence-corrected chi connectivity index (χ3v) is 10.3. The Labute approximate surface area is 279 Å². The number of nitrogens with zero attached hydrogens (tertiary/aromatic N) is 2. The van der Waals surface area contributed by atoms with Crippen molar-refractivity contribution in [2.45, 2.75) is 13.8 Å². The van der Waals surface area contributed by atoms with Gasteiger partial charge in [0, 0.05) is 27.8 Å². The van der Waals surface area contributed by atoms with Crippen molar-refractivity contribution in [3.8, 4) is 27.9 Å². The summed E-state index contributed by atoms with van der Waals surface area (Å²) in [6, 6.07) is 58.1. The van der Waals surface area contributed by atoms with Crippen molar-refractivity contribution in [3.63, 3.8) is 0 Å². The molecule has 0 N–H and O–H groups in total. The molecule has 1 heterocycles. The van der Waals surface area contributed by atoms with E-state index < -0.39 is 0 Å². The zero-order valence-corrected chi connectivity index (χ0v) is 26.9. The summed E-state index contributed by atoms with van der Waals surface area (Å²) in [6.45, 7) is 4.41. The van der Waals surface area contributed by atoms with E-state index in [9.17, 15) is 0 Å². The van der Waals surface area contributed by atoms with Crippen LogP contribution in [-0.4, -0.2) is 4.57 Å². The van der Waals surface area contributed by atoms with Crippen LogP contribution in [0, 0.1) is 13.8 Å². The van der Waals surface area contributed by atoms with Crippen LogP contribution in [0.3, 0.4) is 0 Å². The minimum absolute atomic E-state index is 1.16. The van der Waals surface area contributed by atoms with Crippen LogP contribution in [0.5, 0.6) is 0 Å². The first-order chi connectivity index (χ1) is 23.6. The van der Waals surface area contributed by atoms with Gasteiger partial charge in [0.05, 0.1) is 16.7 Å². The van der Waals surface area contributed by atoms with Gasteiger partial charge >= 0.3 is 0 Å². The smallest absolute Gasteiger partial charge is 0.0541 e. The number of aryl methyl sites for hydroxylation is 2. The maximum absolute atomic E-state index is 2.40. The van der Waals surface area contributed by atoms with E-state index in [-0.39, 0.29) is 0 Å². The molecule has 2 heteroatoms. The number of hydrogen-bond acceptors (Lipinski definition) is 1. The SMILES string of the molecule is Cc1cccc(C)c1N(c1ccccc1)c1ccc2cc3c(cc2c1)-c1cc2cc(-n4c5ccccc5c5ccccc54)ccc2cc1-3. The lowest BCUT2D eigenvalue weighted by Crippen LogP contribution is -2.12. The lowest BCUT2D eigenvalue weighted by molar-refractivity contribution is 1.19. The summed E-state index contributed by atoms with van der Waals surface area (Å²) in [6.07, 6.45) is 0. The highest BCUT2D eigenvalue weighted by Gasteiger charge is 2.25. The first kappa shape index (κ1) is 27.0. The topological polar surface area (TPSA) is 8.17 Å². The molecule has 1 aliphatic rings.